The highest BCUT2D eigenvalue weighted by molar-refractivity contribution is 6.48. The van der Waals surface area contributed by atoms with Gasteiger partial charge >= 0.3 is 0 Å². The van der Waals surface area contributed by atoms with Crippen LogP contribution in [0.15, 0.2) is 88.1 Å². The number of hydrogen-bond donors (Lipinski definition) is 2. The van der Waals surface area contributed by atoms with Gasteiger partial charge in [-0.2, -0.15) is 0 Å². The Hall–Kier alpha value is -3.84. The average molecular weight is 436 g/mol. The predicted molar refractivity (Wildman–Crippen MR) is 115 cm³/mol. The van der Waals surface area contributed by atoms with Crippen LogP contribution in [-0.2, 0) is 22.7 Å². The zero-order chi connectivity index (χ0) is 21.8. The maximum atomic E-state index is 12.7. The Morgan fingerprint density at radius 3 is 2.35 bits per heavy atom. The number of nitrogens with one attached hydrogen (secondary N) is 2. The number of halogens is 1. The minimum absolute atomic E-state index is 0.0117. The molecule has 8 heteroatoms. The van der Waals surface area contributed by atoms with Crippen molar-refractivity contribution in [1.82, 2.24) is 10.2 Å². The molecule has 31 heavy (non-hydrogen) atoms. The van der Waals surface area contributed by atoms with Gasteiger partial charge in [-0.15, -0.1) is 0 Å². The summed E-state index contributed by atoms with van der Waals surface area (Å²) in [5, 5.41) is 5.48. The summed E-state index contributed by atoms with van der Waals surface area (Å²) < 4.78 is 5.18. The van der Waals surface area contributed by atoms with E-state index in [-0.39, 0.29) is 29.7 Å². The molecule has 3 aromatic rings. The largest absolute Gasteiger partial charge is 0.467 e. The molecule has 0 saturated carbocycles. The summed E-state index contributed by atoms with van der Waals surface area (Å²) in [7, 11) is 0. The van der Waals surface area contributed by atoms with Crippen molar-refractivity contribution < 1.29 is 18.8 Å². The summed E-state index contributed by atoms with van der Waals surface area (Å²) in [6, 6.07) is 19.2. The number of imide groups is 1. The molecule has 1 aromatic heterocycles. The first-order valence-corrected chi connectivity index (χ1v) is 9.88. The van der Waals surface area contributed by atoms with Gasteiger partial charge in [0.05, 0.1) is 19.4 Å². The Bertz CT molecular complexity index is 1140. The van der Waals surface area contributed by atoms with E-state index in [0.717, 1.165) is 10.5 Å². The second-order valence-corrected chi connectivity index (χ2v) is 7.21. The van der Waals surface area contributed by atoms with Crippen molar-refractivity contribution >= 4 is 35.0 Å². The van der Waals surface area contributed by atoms with Crippen LogP contribution in [-0.4, -0.2) is 22.6 Å². The van der Waals surface area contributed by atoms with Crippen molar-refractivity contribution in [1.29, 1.82) is 0 Å². The Labute approximate surface area is 183 Å². The molecule has 4 rings (SSSR count). The van der Waals surface area contributed by atoms with Crippen LogP contribution < -0.4 is 10.6 Å². The Kier molecular flexibility index (Phi) is 5.86. The SMILES string of the molecule is O=C(NCc1ccco1)c1ccc(NC2=C(Cl)C(=O)N(Cc3ccccc3)C2=O)cc1. The third kappa shape index (κ3) is 4.51. The molecule has 0 saturated heterocycles. The van der Waals surface area contributed by atoms with Crippen molar-refractivity contribution in [3.05, 3.63) is 101 Å². The highest BCUT2D eigenvalue weighted by atomic mass is 35.5. The number of carbonyl (C=O) groups is 3. The summed E-state index contributed by atoms with van der Waals surface area (Å²) in [5.41, 5.74) is 1.80. The molecule has 0 atom stereocenters. The molecule has 0 bridgehead atoms. The van der Waals surface area contributed by atoms with E-state index >= 15 is 0 Å². The smallest absolute Gasteiger partial charge is 0.279 e. The summed E-state index contributed by atoms with van der Waals surface area (Å²) >= 11 is 6.14. The number of carbonyl (C=O) groups excluding carboxylic acids is 3. The van der Waals surface area contributed by atoms with Crippen LogP contribution in [0, 0.1) is 0 Å². The average Bonchev–Trinajstić information content (AvgIpc) is 3.38. The zero-order valence-corrected chi connectivity index (χ0v) is 17.1. The van der Waals surface area contributed by atoms with Gasteiger partial charge in [0.1, 0.15) is 16.5 Å². The van der Waals surface area contributed by atoms with Gasteiger partial charge < -0.3 is 15.1 Å². The van der Waals surface area contributed by atoms with E-state index in [2.05, 4.69) is 10.6 Å². The number of hydrogen-bond acceptors (Lipinski definition) is 5. The third-order valence-electron chi connectivity index (χ3n) is 4.71. The van der Waals surface area contributed by atoms with E-state index in [4.69, 9.17) is 16.0 Å². The number of nitrogens with zero attached hydrogens (tertiary/aromatic N) is 1. The monoisotopic (exact) mass is 435 g/mol. The fraction of sp³-hybridized carbons (Fsp3) is 0.0870. The molecule has 3 amide bonds. The topological polar surface area (TPSA) is 91.7 Å². The number of anilines is 1. The Morgan fingerprint density at radius 2 is 1.68 bits per heavy atom. The maximum absolute atomic E-state index is 12.7. The minimum atomic E-state index is -0.549. The third-order valence-corrected chi connectivity index (χ3v) is 5.07. The molecule has 7 nitrogen and oxygen atoms in total. The van der Waals surface area contributed by atoms with E-state index in [9.17, 15) is 14.4 Å². The zero-order valence-electron chi connectivity index (χ0n) is 16.3. The van der Waals surface area contributed by atoms with Crippen molar-refractivity contribution in [3.63, 3.8) is 0 Å². The predicted octanol–water partition coefficient (Wildman–Crippen LogP) is 3.64. The van der Waals surface area contributed by atoms with Gasteiger partial charge in [-0.25, -0.2) is 0 Å². The van der Waals surface area contributed by atoms with E-state index < -0.39 is 11.8 Å². The summed E-state index contributed by atoms with van der Waals surface area (Å²) in [4.78, 5) is 38.5. The molecule has 2 heterocycles. The van der Waals surface area contributed by atoms with Gasteiger partial charge in [0.15, 0.2) is 0 Å². The lowest BCUT2D eigenvalue weighted by Crippen LogP contribution is -2.31. The molecule has 0 radical (unpaired) electrons. The fourth-order valence-corrected chi connectivity index (χ4v) is 3.33. The molecule has 2 N–H and O–H groups in total. The van der Waals surface area contributed by atoms with Crippen LogP contribution in [0.2, 0.25) is 0 Å². The van der Waals surface area contributed by atoms with Crippen molar-refractivity contribution in [3.8, 4) is 0 Å². The maximum Gasteiger partial charge on any atom is 0.279 e. The first-order chi connectivity index (χ1) is 15.0. The second-order valence-electron chi connectivity index (χ2n) is 6.84. The summed E-state index contributed by atoms with van der Waals surface area (Å²) in [6.07, 6.45) is 1.54. The molecule has 156 valence electrons. The molecule has 0 spiro atoms. The Morgan fingerprint density at radius 1 is 0.935 bits per heavy atom. The van der Waals surface area contributed by atoms with Crippen molar-refractivity contribution in [2.45, 2.75) is 13.1 Å². The van der Waals surface area contributed by atoms with E-state index in [0.29, 0.717) is 17.0 Å². The van der Waals surface area contributed by atoms with Gasteiger partial charge in [-0.1, -0.05) is 41.9 Å². The van der Waals surface area contributed by atoms with Gasteiger partial charge in [-0.05, 0) is 42.0 Å². The first kappa shape index (κ1) is 20.4. The van der Waals surface area contributed by atoms with Crippen molar-refractivity contribution in [2.75, 3.05) is 5.32 Å². The van der Waals surface area contributed by atoms with Crippen LogP contribution in [0.25, 0.3) is 0 Å². The van der Waals surface area contributed by atoms with E-state index in [1.54, 1.807) is 36.4 Å². The lowest BCUT2D eigenvalue weighted by Gasteiger charge is -2.15. The number of amides is 3. The molecule has 0 fully saturated rings. The highest BCUT2D eigenvalue weighted by Gasteiger charge is 2.37. The van der Waals surface area contributed by atoms with E-state index in [1.165, 1.54) is 6.26 Å². The second kappa shape index (κ2) is 8.89. The fourth-order valence-electron chi connectivity index (χ4n) is 3.10. The molecule has 1 aliphatic heterocycles. The first-order valence-electron chi connectivity index (χ1n) is 9.50. The van der Waals surface area contributed by atoms with Crippen LogP contribution in [0.4, 0.5) is 5.69 Å². The minimum Gasteiger partial charge on any atom is -0.467 e. The standard InChI is InChI=1S/C23H18ClN3O4/c24-19-20(23(30)27(22(19)29)14-15-5-2-1-3-6-15)26-17-10-8-16(9-11-17)21(28)25-13-18-7-4-12-31-18/h1-12,26H,13-14H2,(H,25,28). The van der Waals surface area contributed by atoms with Gasteiger partial charge in [0.25, 0.3) is 17.7 Å². The molecular formula is C23H18ClN3O4. The molecule has 0 aliphatic carbocycles. The van der Waals surface area contributed by atoms with E-state index in [1.807, 2.05) is 30.3 Å². The number of benzene rings is 2. The van der Waals surface area contributed by atoms with Gasteiger partial charge in [0.2, 0.25) is 0 Å². The van der Waals surface area contributed by atoms with Crippen LogP contribution >= 0.6 is 11.6 Å². The molecule has 1 aliphatic rings. The van der Waals surface area contributed by atoms with Crippen LogP contribution in [0.3, 0.4) is 0 Å². The van der Waals surface area contributed by atoms with Crippen LogP contribution in [0.1, 0.15) is 21.7 Å². The van der Waals surface area contributed by atoms with Gasteiger partial charge in [0, 0.05) is 11.3 Å². The molecule has 0 unspecified atom stereocenters. The normalized spacial score (nSPS) is 13.6. The summed E-state index contributed by atoms with van der Waals surface area (Å²) in [5.74, 6) is -0.662. The van der Waals surface area contributed by atoms with Gasteiger partial charge in [-0.3, -0.25) is 19.3 Å². The highest BCUT2D eigenvalue weighted by Crippen LogP contribution is 2.27. The molecule has 2 aromatic carbocycles. The number of rotatable bonds is 7. The molecular weight excluding hydrogens is 418 g/mol. The van der Waals surface area contributed by atoms with Crippen molar-refractivity contribution in [2.24, 2.45) is 0 Å². The number of furan rings is 1. The quantitative estimate of drug-likeness (QED) is 0.553. The Balaban J connectivity index is 1.40. The lowest BCUT2D eigenvalue weighted by atomic mass is 10.2. The summed E-state index contributed by atoms with van der Waals surface area (Å²) in [6.45, 7) is 0.414. The van der Waals surface area contributed by atoms with Crippen LogP contribution in [0.5, 0.6) is 0 Å². The lowest BCUT2D eigenvalue weighted by molar-refractivity contribution is -0.138.